The third kappa shape index (κ3) is 3.32. The molecule has 1 aliphatic heterocycles. The van der Waals surface area contributed by atoms with Gasteiger partial charge in [0.05, 0.1) is 13.2 Å². The zero-order chi connectivity index (χ0) is 14.0. The van der Waals surface area contributed by atoms with E-state index in [1.807, 2.05) is 12.1 Å². The van der Waals surface area contributed by atoms with Crippen LogP contribution in [0.4, 0.5) is 0 Å². The predicted octanol–water partition coefficient (Wildman–Crippen LogP) is 3.28. The zero-order valence-corrected chi connectivity index (χ0v) is 12.0. The van der Waals surface area contributed by atoms with E-state index < -0.39 is 6.10 Å². The minimum absolute atomic E-state index is 0.202. The van der Waals surface area contributed by atoms with Crippen molar-refractivity contribution in [2.75, 3.05) is 13.9 Å². The summed E-state index contributed by atoms with van der Waals surface area (Å²) < 4.78 is 16.0. The van der Waals surface area contributed by atoms with Crippen molar-refractivity contribution >= 4 is 0 Å². The fraction of sp³-hybridized carbons (Fsp3) is 0.600. The summed E-state index contributed by atoms with van der Waals surface area (Å²) in [7, 11) is 1.59. The Morgan fingerprint density at radius 2 is 2.05 bits per heavy atom. The molecule has 106 valence electrons. The summed E-state index contributed by atoms with van der Waals surface area (Å²) in [6.45, 7) is 6.70. The maximum Gasteiger partial charge on any atom is 0.231 e. The number of benzene rings is 1. The van der Waals surface area contributed by atoms with E-state index >= 15 is 0 Å². The first kappa shape index (κ1) is 14.0. The van der Waals surface area contributed by atoms with Gasteiger partial charge in [0.1, 0.15) is 0 Å². The van der Waals surface area contributed by atoms with Crippen LogP contribution in [0, 0.1) is 5.41 Å². The highest BCUT2D eigenvalue weighted by Crippen LogP contribution is 2.43. The van der Waals surface area contributed by atoms with Crippen molar-refractivity contribution in [2.45, 2.75) is 39.7 Å². The fourth-order valence-corrected chi connectivity index (χ4v) is 2.08. The van der Waals surface area contributed by atoms with Crippen LogP contribution >= 0.6 is 0 Å². The van der Waals surface area contributed by atoms with Crippen molar-refractivity contribution in [1.82, 2.24) is 0 Å². The fourth-order valence-electron chi connectivity index (χ4n) is 2.08. The van der Waals surface area contributed by atoms with E-state index in [0.717, 1.165) is 12.0 Å². The first-order valence-corrected chi connectivity index (χ1v) is 6.56. The number of methoxy groups -OCH3 is 1. The Morgan fingerprint density at radius 3 is 2.68 bits per heavy atom. The van der Waals surface area contributed by atoms with Gasteiger partial charge in [-0.1, -0.05) is 20.8 Å². The minimum atomic E-state index is -0.511. The molecule has 0 spiro atoms. The second kappa shape index (κ2) is 5.29. The van der Waals surface area contributed by atoms with Crippen molar-refractivity contribution < 1.29 is 19.3 Å². The molecule has 0 saturated heterocycles. The molecule has 1 aliphatic rings. The molecule has 1 atom stereocenters. The average molecular weight is 266 g/mol. The average Bonchev–Trinajstić information content (AvgIpc) is 2.81. The largest absolute Gasteiger partial charge is 0.493 e. The highest BCUT2D eigenvalue weighted by Gasteiger charge is 2.23. The number of ether oxygens (including phenoxy) is 3. The smallest absolute Gasteiger partial charge is 0.231 e. The molecule has 0 amide bonds. The van der Waals surface area contributed by atoms with E-state index in [2.05, 4.69) is 20.8 Å². The molecule has 2 rings (SSSR count). The van der Waals surface area contributed by atoms with Gasteiger partial charge < -0.3 is 19.3 Å². The van der Waals surface area contributed by atoms with Gasteiger partial charge in [-0.15, -0.1) is 0 Å². The molecule has 19 heavy (non-hydrogen) atoms. The number of fused-ring (bicyclic) bond motifs is 1. The van der Waals surface area contributed by atoms with E-state index in [4.69, 9.17) is 14.2 Å². The van der Waals surface area contributed by atoms with Gasteiger partial charge in [0.25, 0.3) is 0 Å². The van der Waals surface area contributed by atoms with Gasteiger partial charge in [-0.25, -0.2) is 0 Å². The molecule has 0 radical (unpaired) electrons. The predicted molar refractivity (Wildman–Crippen MR) is 72.8 cm³/mol. The molecule has 1 aromatic rings. The lowest BCUT2D eigenvalue weighted by molar-refractivity contribution is 0.147. The van der Waals surface area contributed by atoms with Gasteiger partial charge in [0, 0.05) is 0 Å². The quantitative estimate of drug-likeness (QED) is 0.908. The molecule has 0 fully saturated rings. The Hall–Kier alpha value is -1.42. The van der Waals surface area contributed by atoms with Crippen molar-refractivity contribution in [3.63, 3.8) is 0 Å². The van der Waals surface area contributed by atoms with Gasteiger partial charge in [-0.2, -0.15) is 0 Å². The van der Waals surface area contributed by atoms with Crippen LogP contribution in [0.5, 0.6) is 17.2 Å². The van der Waals surface area contributed by atoms with E-state index in [0.29, 0.717) is 23.7 Å². The number of aliphatic hydroxyl groups excluding tert-OH is 1. The lowest BCUT2D eigenvalue weighted by Gasteiger charge is -2.21. The lowest BCUT2D eigenvalue weighted by Crippen LogP contribution is -2.08. The van der Waals surface area contributed by atoms with E-state index in [9.17, 15) is 5.11 Å². The Balaban J connectivity index is 2.16. The summed E-state index contributed by atoms with van der Waals surface area (Å²) in [6, 6.07) is 3.65. The number of rotatable bonds is 4. The summed E-state index contributed by atoms with van der Waals surface area (Å²) >= 11 is 0. The van der Waals surface area contributed by atoms with E-state index in [1.54, 1.807) is 7.11 Å². The van der Waals surface area contributed by atoms with Gasteiger partial charge >= 0.3 is 0 Å². The van der Waals surface area contributed by atoms with Crippen LogP contribution in [0.25, 0.3) is 0 Å². The Kier molecular flexibility index (Phi) is 3.90. The Morgan fingerprint density at radius 1 is 1.32 bits per heavy atom. The van der Waals surface area contributed by atoms with Crippen LogP contribution in [0.2, 0.25) is 0 Å². The molecule has 1 heterocycles. The topological polar surface area (TPSA) is 47.9 Å². The molecule has 1 aromatic carbocycles. The van der Waals surface area contributed by atoms with Gasteiger partial charge in [0.2, 0.25) is 12.5 Å². The first-order valence-electron chi connectivity index (χ1n) is 6.56. The molecule has 4 nitrogen and oxygen atoms in total. The molecule has 1 unspecified atom stereocenters. The highest BCUT2D eigenvalue weighted by atomic mass is 16.7. The zero-order valence-electron chi connectivity index (χ0n) is 12.0. The molecule has 0 aromatic heterocycles. The Labute approximate surface area is 114 Å². The summed E-state index contributed by atoms with van der Waals surface area (Å²) in [5, 5.41) is 10.3. The van der Waals surface area contributed by atoms with Crippen LogP contribution in [0.3, 0.4) is 0 Å². The van der Waals surface area contributed by atoms with E-state index in [1.165, 1.54) is 0 Å². The van der Waals surface area contributed by atoms with Crippen molar-refractivity contribution in [3.05, 3.63) is 17.7 Å². The summed E-state index contributed by atoms with van der Waals surface area (Å²) in [4.78, 5) is 0. The first-order chi connectivity index (χ1) is 8.90. The summed E-state index contributed by atoms with van der Waals surface area (Å²) in [5.41, 5.74) is 1.02. The standard InChI is InChI=1S/C15H22O4/c1-15(2,3)6-5-11(16)10-7-12(17-4)14-13(8-10)18-9-19-14/h7-8,11,16H,5-6,9H2,1-4H3. The monoisotopic (exact) mass is 266 g/mol. The molecular formula is C15H22O4. The van der Waals surface area contributed by atoms with Gasteiger partial charge in [-0.05, 0) is 36.0 Å². The van der Waals surface area contributed by atoms with Crippen LogP contribution in [-0.2, 0) is 0 Å². The van der Waals surface area contributed by atoms with Crippen molar-refractivity contribution in [1.29, 1.82) is 0 Å². The van der Waals surface area contributed by atoms with Gasteiger partial charge in [0.15, 0.2) is 11.5 Å². The number of hydrogen-bond acceptors (Lipinski definition) is 4. The normalized spacial score (nSPS) is 15.4. The molecule has 0 bridgehead atoms. The molecule has 1 N–H and O–H groups in total. The van der Waals surface area contributed by atoms with Crippen molar-refractivity contribution in [3.8, 4) is 17.2 Å². The van der Waals surface area contributed by atoms with Crippen molar-refractivity contribution in [2.24, 2.45) is 5.41 Å². The third-order valence-electron chi connectivity index (χ3n) is 3.23. The van der Waals surface area contributed by atoms with Gasteiger partial charge in [-0.3, -0.25) is 0 Å². The van der Waals surface area contributed by atoms with Crippen LogP contribution in [-0.4, -0.2) is 19.0 Å². The number of hydrogen-bond donors (Lipinski definition) is 1. The van der Waals surface area contributed by atoms with Crippen LogP contribution < -0.4 is 14.2 Å². The maximum absolute atomic E-state index is 10.3. The van der Waals surface area contributed by atoms with Crippen LogP contribution in [0.1, 0.15) is 45.3 Å². The molecule has 4 heteroatoms. The van der Waals surface area contributed by atoms with Crippen LogP contribution in [0.15, 0.2) is 12.1 Å². The molecule has 0 aliphatic carbocycles. The summed E-state index contributed by atoms with van der Waals surface area (Å²) in [5.74, 6) is 1.87. The lowest BCUT2D eigenvalue weighted by atomic mass is 9.88. The summed E-state index contributed by atoms with van der Waals surface area (Å²) in [6.07, 6.45) is 1.15. The minimum Gasteiger partial charge on any atom is -0.493 e. The number of aliphatic hydroxyl groups is 1. The third-order valence-corrected chi connectivity index (χ3v) is 3.23. The molecule has 0 saturated carbocycles. The highest BCUT2D eigenvalue weighted by molar-refractivity contribution is 5.55. The maximum atomic E-state index is 10.3. The SMILES string of the molecule is COc1cc(C(O)CCC(C)(C)C)cc2c1OCO2. The molecular weight excluding hydrogens is 244 g/mol. The Bertz CT molecular complexity index is 448. The van der Waals surface area contributed by atoms with E-state index in [-0.39, 0.29) is 12.2 Å². The second-order valence-corrected chi connectivity index (χ2v) is 6.07. The second-order valence-electron chi connectivity index (χ2n) is 6.07.